The van der Waals surface area contributed by atoms with Crippen LogP contribution in [0.15, 0.2) is 11.3 Å². The van der Waals surface area contributed by atoms with Crippen molar-refractivity contribution in [2.24, 2.45) is 5.92 Å². The van der Waals surface area contributed by atoms with Gasteiger partial charge in [-0.15, -0.1) is 0 Å². The van der Waals surface area contributed by atoms with E-state index in [2.05, 4.69) is 4.74 Å². The summed E-state index contributed by atoms with van der Waals surface area (Å²) in [4.78, 5) is 33.6. The topological polar surface area (TPSA) is 80.7 Å². The molecule has 0 bridgehead atoms. The van der Waals surface area contributed by atoms with E-state index in [1.165, 1.54) is 14.0 Å². The number of ether oxygens (including phenoxy) is 1. The molecular formula is C10H12O5. The Balaban J connectivity index is 3.12. The maximum atomic E-state index is 11.3. The van der Waals surface area contributed by atoms with Gasteiger partial charge < -0.3 is 9.84 Å². The van der Waals surface area contributed by atoms with Gasteiger partial charge in [-0.25, -0.2) is 0 Å². The highest BCUT2D eigenvalue weighted by Gasteiger charge is 2.35. The number of esters is 1. The van der Waals surface area contributed by atoms with Crippen LogP contribution < -0.4 is 0 Å². The molecule has 1 atom stereocenters. The molecule has 1 aliphatic carbocycles. The number of hydrogen-bond donors (Lipinski definition) is 1. The van der Waals surface area contributed by atoms with Crippen molar-refractivity contribution in [3.8, 4) is 0 Å². The van der Waals surface area contributed by atoms with Crippen molar-refractivity contribution >= 4 is 17.5 Å². The van der Waals surface area contributed by atoms with Gasteiger partial charge in [0.05, 0.1) is 12.7 Å². The van der Waals surface area contributed by atoms with E-state index in [4.69, 9.17) is 0 Å². The molecule has 0 aliphatic heterocycles. The minimum Gasteiger partial charge on any atom is -0.511 e. The summed E-state index contributed by atoms with van der Waals surface area (Å²) >= 11 is 0. The second-order valence-electron chi connectivity index (χ2n) is 3.35. The number of aliphatic hydroxyl groups excluding tert-OH is 1. The Labute approximate surface area is 86.7 Å². The molecule has 0 saturated heterocycles. The normalized spacial score (nSPS) is 21.5. The molecule has 1 rings (SSSR count). The lowest BCUT2D eigenvalue weighted by Crippen LogP contribution is -2.29. The maximum Gasteiger partial charge on any atom is 0.316 e. The van der Waals surface area contributed by atoms with E-state index in [9.17, 15) is 19.5 Å². The van der Waals surface area contributed by atoms with Gasteiger partial charge in [0.15, 0.2) is 11.6 Å². The standard InChI is InChI=1S/C10H12O5/c1-5(11)8-7(12)4-3-6(9(8)13)10(14)15-2/h6,13H,3-4H2,1-2H3. The second kappa shape index (κ2) is 4.25. The van der Waals surface area contributed by atoms with Crippen LogP contribution >= 0.6 is 0 Å². The summed E-state index contributed by atoms with van der Waals surface area (Å²) < 4.78 is 4.47. The van der Waals surface area contributed by atoms with Crippen LogP contribution in [0.4, 0.5) is 0 Å². The van der Waals surface area contributed by atoms with Gasteiger partial charge in [-0.1, -0.05) is 0 Å². The van der Waals surface area contributed by atoms with Gasteiger partial charge in [0, 0.05) is 6.42 Å². The van der Waals surface area contributed by atoms with Crippen molar-refractivity contribution in [2.45, 2.75) is 19.8 Å². The number of allylic oxidation sites excluding steroid dienone is 1. The van der Waals surface area contributed by atoms with Crippen molar-refractivity contribution < 1.29 is 24.2 Å². The first-order valence-electron chi connectivity index (χ1n) is 4.54. The minimum absolute atomic E-state index is 0.0821. The summed E-state index contributed by atoms with van der Waals surface area (Å²) in [5.74, 6) is -2.90. The fourth-order valence-electron chi connectivity index (χ4n) is 1.60. The molecule has 0 radical (unpaired) electrons. The van der Waals surface area contributed by atoms with E-state index in [0.717, 1.165) is 0 Å². The van der Waals surface area contributed by atoms with Gasteiger partial charge in [0.25, 0.3) is 0 Å². The third-order valence-corrected chi connectivity index (χ3v) is 2.36. The molecule has 82 valence electrons. The molecule has 0 aromatic carbocycles. The number of Topliss-reactive ketones (excluding diaryl/α,β-unsaturated/α-hetero) is 2. The molecule has 0 saturated carbocycles. The monoisotopic (exact) mass is 212 g/mol. The summed E-state index contributed by atoms with van der Waals surface area (Å²) in [5.41, 5.74) is -0.267. The SMILES string of the molecule is COC(=O)C1CCC(=O)C(C(C)=O)=C1O. The number of ketones is 2. The van der Waals surface area contributed by atoms with Gasteiger partial charge in [0.1, 0.15) is 11.7 Å². The fraction of sp³-hybridized carbons (Fsp3) is 0.500. The molecule has 1 aliphatic rings. The lowest BCUT2D eigenvalue weighted by Gasteiger charge is -2.20. The zero-order valence-corrected chi connectivity index (χ0v) is 8.57. The van der Waals surface area contributed by atoms with Gasteiger partial charge in [0.2, 0.25) is 0 Å². The van der Waals surface area contributed by atoms with Crippen LogP contribution in [0.25, 0.3) is 0 Å². The first kappa shape index (κ1) is 11.4. The number of carbonyl (C=O) groups is 3. The Morgan fingerprint density at radius 3 is 2.53 bits per heavy atom. The van der Waals surface area contributed by atoms with Crippen molar-refractivity contribution in [1.82, 2.24) is 0 Å². The third-order valence-electron chi connectivity index (χ3n) is 2.36. The Morgan fingerprint density at radius 2 is 2.07 bits per heavy atom. The molecule has 0 aromatic rings. The quantitative estimate of drug-likeness (QED) is 0.533. The number of aliphatic hydroxyl groups is 1. The molecule has 1 unspecified atom stereocenters. The predicted octanol–water partition coefficient (Wildman–Crippen LogP) is 0.540. The van der Waals surface area contributed by atoms with Crippen molar-refractivity contribution in [2.75, 3.05) is 7.11 Å². The molecule has 5 heteroatoms. The summed E-state index contributed by atoms with van der Waals surface area (Å²) in [5, 5.41) is 9.61. The summed E-state index contributed by atoms with van der Waals surface area (Å²) in [6, 6.07) is 0. The largest absolute Gasteiger partial charge is 0.511 e. The van der Waals surface area contributed by atoms with Crippen LogP contribution in [0, 0.1) is 5.92 Å². The smallest absolute Gasteiger partial charge is 0.316 e. The molecule has 0 amide bonds. The summed E-state index contributed by atoms with van der Waals surface area (Å²) in [7, 11) is 1.19. The lowest BCUT2D eigenvalue weighted by molar-refractivity contribution is -0.145. The Hall–Kier alpha value is -1.65. The predicted molar refractivity (Wildman–Crippen MR) is 50.1 cm³/mol. The van der Waals surface area contributed by atoms with Gasteiger partial charge in [-0.2, -0.15) is 0 Å². The van der Waals surface area contributed by atoms with Crippen LogP contribution in [-0.4, -0.2) is 29.8 Å². The molecule has 0 spiro atoms. The van der Waals surface area contributed by atoms with Crippen LogP contribution in [0.5, 0.6) is 0 Å². The first-order valence-corrected chi connectivity index (χ1v) is 4.54. The Morgan fingerprint density at radius 1 is 1.47 bits per heavy atom. The average Bonchev–Trinajstić information content (AvgIpc) is 2.16. The second-order valence-corrected chi connectivity index (χ2v) is 3.35. The Bertz CT molecular complexity index is 353. The van der Waals surface area contributed by atoms with Crippen LogP contribution in [0.1, 0.15) is 19.8 Å². The van der Waals surface area contributed by atoms with Gasteiger partial charge >= 0.3 is 5.97 Å². The molecule has 0 aromatic heterocycles. The number of methoxy groups -OCH3 is 1. The Kier molecular flexibility index (Phi) is 3.24. The molecule has 0 heterocycles. The van der Waals surface area contributed by atoms with Crippen molar-refractivity contribution in [3.05, 3.63) is 11.3 Å². The highest BCUT2D eigenvalue weighted by molar-refractivity contribution is 6.20. The highest BCUT2D eigenvalue weighted by atomic mass is 16.5. The van der Waals surface area contributed by atoms with E-state index in [-0.39, 0.29) is 18.4 Å². The number of rotatable bonds is 2. The fourth-order valence-corrected chi connectivity index (χ4v) is 1.60. The zero-order valence-electron chi connectivity index (χ0n) is 8.57. The van der Waals surface area contributed by atoms with E-state index < -0.39 is 29.2 Å². The van der Waals surface area contributed by atoms with Crippen LogP contribution in [-0.2, 0) is 19.1 Å². The molecule has 15 heavy (non-hydrogen) atoms. The van der Waals surface area contributed by atoms with E-state index >= 15 is 0 Å². The molecular weight excluding hydrogens is 200 g/mol. The lowest BCUT2D eigenvalue weighted by atomic mass is 9.86. The summed E-state index contributed by atoms with van der Waals surface area (Å²) in [6.07, 6.45) is 0.271. The average molecular weight is 212 g/mol. The van der Waals surface area contributed by atoms with E-state index in [1.54, 1.807) is 0 Å². The van der Waals surface area contributed by atoms with Crippen LogP contribution in [0.2, 0.25) is 0 Å². The van der Waals surface area contributed by atoms with Gasteiger partial charge in [-0.05, 0) is 13.3 Å². The number of carbonyl (C=O) groups excluding carboxylic acids is 3. The van der Waals surface area contributed by atoms with Gasteiger partial charge in [-0.3, -0.25) is 14.4 Å². The molecule has 0 fully saturated rings. The molecule has 5 nitrogen and oxygen atoms in total. The van der Waals surface area contributed by atoms with E-state index in [1.807, 2.05) is 0 Å². The zero-order chi connectivity index (χ0) is 11.6. The first-order chi connectivity index (χ1) is 6.99. The van der Waals surface area contributed by atoms with Crippen molar-refractivity contribution in [1.29, 1.82) is 0 Å². The maximum absolute atomic E-state index is 11.3. The van der Waals surface area contributed by atoms with Crippen LogP contribution in [0.3, 0.4) is 0 Å². The van der Waals surface area contributed by atoms with E-state index in [0.29, 0.717) is 0 Å². The number of hydrogen-bond acceptors (Lipinski definition) is 5. The summed E-state index contributed by atoms with van der Waals surface area (Å²) in [6.45, 7) is 1.18. The molecule has 1 N–H and O–H groups in total. The highest BCUT2D eigenvalue weighted by Crippen LogP contribution is 2.27. The third kappa shape index (κ3) is 2.06. The van der Waals surface area contributed by atoms with Crippen molar-refractivity contribution in [3.63, 3.8) is 0 Å². The minimum atomic E-state index is -0.883.